The summed E-state index contributed by atoms with van der Waals surface area (Å²) in [5.41, 5.74) is 0. The number of hydrogen-bond donors (Lipinski definition) is 3. The van der Waals surface area contributed by atoms with Crippen LogP contribution in [0.2, 0.25) is 0 Å². The van der Waals surface area contributed by atoms with Crippen LogP contribution >= 0.6 is 0 Å². The van der Waals surface area contributed by atoms with Gasteiger partial charge in [-0.3, -0.25) is 9.59 Å². The van der Waals surface area contributed by atoms with Crippen LogP contribution in [0, 0.1) is 11.8 Å². The Morgan fingerprint density at radius 1 is 0.882 bits per heavy atom. The second-order valence-electron chi connectivity index (χ2n) is 4.17. The minimum absolute atomic E-state index is 0. The summed E-state index contributed by atoms with van der Waals surface area (Å²) < 4.78 is 0. The monoisotopic (exact) mass is 247 g/mol. The molecule has 0 amide bonds. The third kappa shape index (κ3) is 6.94. The standard InChI is InChI=1S/C12H22O4.H3N/c1-3-5-7-9(11(13)14)10(12(15)16)8-6-4-2;/h9-10H,3-8H2,1-2H3,(H,13,14)(H,15,16);1H3. The van der Waals surface area contributed by atoms with Crippen molar-refractivity contribution >= 4 is 11.9 Å². The lowest BCUT2D eigenvalue weighted by atomic mass is 9.84. The molecule has 0 aliphatic heterocycles. The van der Waals surface area contributed by atoms with Crippen LogP contribution in [-0.2, 0) is 9.59 Å². The molecular weight excluding hydrogens is 222 g/mol. The second-order valence-corrected chi connectivity index (χ2v) is 4.17. The van der Waals surface area contributed by atoms with Gasteiger partial charge in [-0.2, -0.15) is 0 Å². The molecule has 0 bridgehead atoms. The van der Waals surface area contributed by atoms with Crippen molar-refractivity contribution in [3.8, 4) is 0 Å². The molecule has 0 aliphatic carbocycles. The largest absolute Gasteiger partial charge is 0.481 e. The maximum absolute atomic E-state index is 11.1. The topological polar surface area (TPSA) is 110 Å². The molecule has 0 saturated heterocycles. The highest BCUT2D eigenvalue weighted by molar-refractivity contribution is 5.79. The molecule has 102 valence electrons. The maximum Gasteiger partial charge on any atom is 0.307 e. The Morgan fingerprint density at radius 2 is 1.18 bits per heavy atom. The summed E-state index contributed by atoms with van der Waals surface area (Å²) in [7, 11) is 0. The van der Waals surface area contributed by atoms with E-state index < -0.39 is 23.8 Å². The van der Waals surface area contributed by atoms with Gasteiger partial charge in [-0.05, 0) is 12.8 Å². The predicted molar refractivity (Wildman–Crippen MR) is 66.3 cm³/mol. The summed E-state index contributed by atoms with van der Waals surface area (Å²) in [6, 6.07) is 0. The fourth-order valence-corrected chi connectivity index (χ4v) is 1.84. The Kier molecular flexibility index (Phi) is 10.8. The average Bonchev–Trinajstić information content (AvgIpc) is 2.21. The molecule has 0 aromatic carbocycles. The molecule has 0 fully saturated rings. The van der Waals surface area contributed by atoms with Gasteiger partial charge in [-0.1, -0.05) is 39.5 Å². The van der Waals surface area contributed by atoms with E-state index in [9.17, 15) is 9.59 Å². The zero-order chi connectivity index (χ0) is 12.6. The number of carboxylic acids is 2. The maximum atomic E-state index is 11.1. The Labute approximate surface area is 103 Å². The van der Waals surface area contributed by atoms with Crippen LogP contribution < -0.4 is 6.15 Å². The van der Waals surface area contributed by atoms with E-state index in [1.54, 1.807) is 0 Å². The van der Waals surface area contributed by atoms with Gasteiger partial charge in [0.05, 0.1) is 11.8 Å². The molecule has 0 aliphatic rings. The molecule has 0 aromatic rings. The molecule has 0 heterocycles. The van der Waals surface area contributed by atoms with E-state index in [0.29, 0.717) is 12.8 Å². The highest BCUT2D eigenvalue weighted by atomic mass is 16.4. The molecule has 0 radical (unpaired) electrons. The van der Waals surface area contributed by atoms with Gasteiger partial charge in [0.15, 0.2) is 0 Å². The predicted octanol–water partition coefficient (Wildman–Crippen LogP) is 2.93. The number of carboxylic acid groups (broad SMARTS) is 2. The van der Waals surface area contributed by atoms with Gasteiger partial charge in [-0.25, -0.2) is 0 Å². The quantitative estimate of drug-likeness (QED) is 0.580. The molecule has 5 nitrogen and oxygen atoms in total. The fourth-order valence-electron chi connectivity index (χ4n) is 1.84. The fraction of sp³-hybridized carbons (Fsp3) is 0.833. The van der Waals surface area contributed by atoms with Crippen molar-refractivity contribution in [1.29, 1.82) is 0 Å². The number of carbonyl (C=O) groups is 2. The summed E-state index contributed by atoms with van der Waals surface area (Å²) in [5.74, 6) is -3.41. The summed E-state index contributed by atoms with van der Waals surface area (Å²) in [6.07, 6.45) is 4.26. The van der Waals surface area contributed by atoms with Crippen LogP contribution in [0.15, 0.2) is 0 Å². The highest BCUT2D eigenvalue weighted by Crippen LogP contribution is 2.24. The minimum atomic E-state index is -0.975. The minimum Gasteiger partial charge on any atom is -0.481 e. The first-order valence-corrected chi connectivity index (χ1v) is 6.00. The molecule has 0 spiro atoms. The highest BCUT2D eigenvalue weighted by Gasteiger charge is 2.32. The number of hydrogen-bond acceptors (Lipinski definition) is 3. The molecule has 0 rings (SSSR count). The van der Waals surface area contributed by atoms with Crippen LogP contribution in [0.1, 0.15) is 52.4 Å². The molecule has 5 N–H and O–H groups in total. The van der Waals surface area contributed by atoms with Crippen molar-refractivity contribution in [2.75, 3.05) is 0 Å². The van der Waals surface area contributed by atoms with Gasteiger partial charge in [-0.15, -0.1) is 0 Å². The molecule has 2 unspecified atom stereocenters. The van der Waals surface area contributed by atoms with Gasteiger partial charge in [0.1, 0.15) is 0 Å². The second kappa shape index (κ2) is 10.1. The lowest BCUT2D eigenvalue weighted by molar-refractivity contribution is -0.154. The van der Waals surface area contributed by atoms with E-state index in [-0.39, 0.29) is 6.15 Å². The van der Waals surface area contributed by atoms with E-state index in [4.69, 9.17) is 10.2 Å². The normalized spacial score (nSPS) is 13.5. The molecule has 0 saturated carbocycles. The lowest BCUT2D eigenvalue weighted by Gasteiger charge is -2.19. The molecule has 0 aromatic heterocycles. The molecule has 17 heavy (non-hydrogen) atoms. The summed E-state index contributed by atoms with van der Waals surface area (Å²) in [6.45, 7) is 3.95. The van der Waals surface area contributed by atoms with Gasteiger partial charge >= 0.3 is 11.9 Å². The van der Waals surface area contributed by atoms with Crippen molar-refractivity contribution in [3.05, 3.63) is 0 Å². The van der Waals surface area contributed by atoms with Gasteiger partial charge < -0.3 is 16.4 Å². The number of rotatable bonds is 9. The zero-order valence-corrected chi connectivity index (χ0v) is 10.8. The van der Waals surface area contributed by atoms with Crippen molar-refractivity contribution in [1.82, 2.24) is 6.15 Å². The van der Waals surface area contributed by atoms with Crippen molar-refractivity contribution < 1.29 is 19.8 Å². The van der Waals surface area contributed by atoms with E-state index in [0.717, 1.165) is 25.7 Å². The third-order valence-corrected chi connectivity index (χ3v) is 2.86. The van der Waals surface area contributed by atoms with Crippen LogP contribution in [0.3, 0.4) is 0 Å². The van der Waals surface area contributed by atoms with Crippen molar-refractivity contribution in [2.45, 2.75) is 52.4 Å². The molecule has 5 heteroatoms. The van der Waals surface area contributed by atoms with Gasteiger partial charge in [0, 0.05) is 0 Å². The Bertz CT molecular complexity index is 207. The number of aliphatic carboxylic acids is 2. The van der Waals surface area contributed by atoms with Gasteiger partial charge in [0.2, 0.25) is 0 Å². The summed E-state index contributed by atoms with van der Waals surface area (Å²) in [5, 5.41) is 18.1. The van der Waals surface area contributed by atoms with Crippen molar-refractivity contribution in [2.24, 2.45) is 11.8 Å². The first-order chi connectivity index (χ1) is 7.54. The van der Waals surface area contributed by atoms with Crippen LogP contribution in [-0.4, -0.2) is 22.2 Å². The first-order valence-electron chi connectivity index (χ1n) is 6.00. The van der Waals surface area contributed by atoms with E-state index in [1.165, 1.54) is 0 Å². The van der Waals surface area contributed by atoms with E-state index in [2.05, 4.69) is 0 Å². The van der Waals surface area contributed by atoms with E-state index in [1.807, 2.05) is 13.8 Å². The van der Waals surface area contributed by atoms with Crippen LogP contribution in [0.25, 0.3) is 0 Å². The van der Waals surface area contributed by atoms with Gasteiger partial charge in [0.25, 0.3) is 0 Å². The Balaban J connectivity index is 0. The lowest BCUT2D eigenvalue weighted by Crippen LogP contribution is -2.29. The SMILES string of the molecule is CCCCC(C(=O)O)C(CCCC)C(=O)O.N. The van der Waals surface area contributed by atoms with Crippen LogP contribution in [0.4, 0.5) is 0 Å². The van der Waals surface area contributed by atoms with Crippen LogP contribution in [0.5, 0.6) is 0 Å². The summed E-state index contributed by atoms with van der Waals surface area (Å²) in [4.78, 5) is 22.1. The average molecular weight is 247 g/mol. The Hall–Kier alpha value is -1.10. The third-order valence-electron chi connectivity index (χ3n) is 2.86. The zero-order valence-electron chi connectivity index (χ0n) is 10.8. The smallest absolute Gasteiger partial charge is 0.307 e. The molecule has 2 atom stereocenters. The summed E-state index contributed by atoms with van der Waals surface area (Å²) >= 11 is 0. The number of unbranched alkanes of at least 4 members (excludes halogenated alkanes) is 2. The Morgan fingerprint density at radius 3 is 1.35 bits per heavy atom. The molecular formula is C12H25NO4. The van der Waals surface area contributed by atoms with Crippen molar-refractivity contribution in [3.63, 3.8) is 0 Å². The van der Waals surface area contributed by atoms with E-state index >= 15 is 0 Å². The first kappa shape index (κ1) is 18.3.